The molecular weight excluding hydrogens is 600 g/mol. The first-order valence-corrected chi connectivity index (χ1v) is 12.5. The van der Waals surface area contributed by atoms with Gasteiger partial charge >= 0.3 is 7.32 Å². The molecule has 0 amide bonds. The van der Waals surface area contributed by atoms with E-state index < -0.39 is 94.5 Å². The van der Waals surface area contributed by atoms with Crippen LogP contribution in [0.25, 0.3) is 0 Å². The van der Waals surface area contributed by atoms with Crippen LogP contribution in [0.4, 0.5) is 39.5 Å². The van der Waals surface area contributed by atoms with E-state index in [9.17, 15) is 35.1 Å². The topological polar surface area (TPSA) is 46.2 Å². The second-order valence-corrected chi connectivity index (χ2v) is 9.81. The van der Waals surface area contributed by atoms with Crippen LogP contribution in [-0.4, -0.2) is 45.8 Å². The maximum Gasteiger partial charge on any atom is 0.864 e. The number of ether oxygens (including phenoxy) is 2. The fourth-order valence-electron chi connectivity index (χ4n) is 3.87. The Morgan fingerprint density at radius 3 is 1.51 bits per heavy atom. The SMILES string of the molecule is CC[N+](C)(C)C(C)(OC(C)OC)c1c(OB(Oc2cc(F)c(F)c(F)c2)Oc2cc(F)c(F)c(F)c2)cc(F)c(F)c1F. The van der Waals surface area contributed by atoms with Gasteiger partial charge in [0, 0.05) is 44.4 Å². The molecular formula is C27H26BF9NO5+. The van der Waals surface area contributed by atoms with Gasteiger partial charge in [0.25, 0.3) is 0 Å². The summed E-state index contributed by atoms with van der Waals surface area (Å²) in [4.78, 5) is 0. The monoisotopic (exact) mass is 626 g/mol. The lowest BCUT2D eigenvalue weighted by atomic mass is 9.97. The zero-order chi connectivity index (χ0) is 32.4. The molecule has 0 aliphatic carbocycles. The molecule has 0 saturated carbocycles. The average molecular weight is 626 g/mol. The maximum atomic E-state index is 15.7. The molecule has 0 radical (unpaired) electrons. The van der Waals surface area contributed by atoms with Crippen molar-refractivity contribution in [3.05, 3.63) is 88.3 Å². The molecule has 16 heteroatoms. The molecule has 234 valence electrons. The summed E-state index contributed by atoms with van der Waals surface area (Å²) in [5.74, 6) is -18.7. The second-order valence-electron chi connectivity index (χ2n) is 9.81. The fraction of sp³-hybridized carbons (Fsp3) is 0.333. The summed E-state index contributed by atoms with van der Waals surface area (Å²) in [5, 5.41) is 0. The highest BCUT2D eigenvalue weighted by atomic mass is 19.2. The Morgan fingerprint density at radius 2 is 1.12 bits per heavy atom. The maximum absolute atomic E-state index is 15.7. The van der Waals surface area contributed by atoms with Gasteiger partial charge in [-0.1, -0.05) is 0 Å². The molecule has 3 aromatic rings. The average Bonchev–Trinajstić information content (AvgIpc) is 2.92. The van der Waals surface area contributed by atoms with Crippen molar-refractivity contribution in [3.63, 3.8) is 0 Å². The summed E-state index contributed by atoms with van der Waals surface area (Å²) >= 11 is 0. The molecule has 0 spiro atoms. The highest BCUT2D eigenvalue weighted by Gasteiger charge is 2.51. The van der Waals surface area contributed by atoms with Crippen molar-refractivity contribution < 1.29 is 67.4 Å². The van der Waals surface area contributed by atoms with Gasteiger partial charge < -0.3 is 18.7 Å². The lowest BCUT2D eigenvalue weighted by Crippen LogP contribution is -2.59. The highest BCUT2D eigenvalue weighted by molar-refractivity contribution is 6.39. The summed E-state index contributed by atoms with van der Waals surface area (Å²) < 4.78 is 154. The van der Waals surface area contributed by atoms with Crippen molar-refractivity contribution in [2.75, 3.05) is 27.7 Å². The van der Waals surface area contributed by atoms with E-state index in [0.29, 0.717) is 30.3 Å². The quantitative estimate of drug-likeness (QED) is 0.0734. The Hall–Kier alpha value is -3.63. The molecule has 0 N–H and O–H groups in total. The van der Waals surface area contributed by atoms with Gasteiger partial charge in [-0.25, -0.2) is 39.5 Å². The van der Waals surface area contributed by atoms with Gasteiger partial charge in [0.1, 0.15) is 22.8 Å². The van der Waals surface area contributed by atoms with Gasteiger partial charge in [0.15, 0.2) is 58.6 Å². The number of rotatable bonds is 12. The minimum absolute atomic E-state index is 0.198. The van der Waals surface area contributed by atoms with E-state index in [1.807, 2.05) is 0 Å². The van der Waals surface area contributed by atoms with Crippen molar-refractivity contribution in [3.8, 4) is 17.2 Å². The van der Waals surface area contributed by atoms with E-state index in [-0.39, 0.29) is 11.0 Å². The minimum atomic E-state index is -2.43. The Balaban J connectivity index is 2.24. The normalized spacial score (nSPS) is 13.8. The third kappa shape index (κ3) is 6.97. The molecule has 2 atom stereocenters. The highest BCUT2D eigenvalue weighted by Crippen LogP contribution is 2.43. The summed E-state index contributed by atoms with van der Waals surface area (Å²) in [7, 11) is 1.92. The summed E-state index contributed by atoms with van der Waals surface area (Å²) in [5.41, 5.74) is -2.70. The first kappa shape index (κ1) is 33.9. The Bertz CT molecular complexity index is 1390. The van der Waals surface area contributed by atoms with E-state index in [1.165, 1.54) is 21.0 Å². The number of methoxy groups -OCH3 is 1. The van der Waals surface area contributed by atoms with Crippen molar-refractivity contribution >= 4 is 7.32 Å². The first-order chi connectivity index (χ1) is 19.9. The third-order valence-electron chi connectivity index (χ3n) is 6.87. The van der Waals surface area contributed by atoms with Crippen LogP contribution in [-0.2, 0) is 15.2 Å². The predicted molar refractivity (Wildman–Crippen MR) is 134 cm³/mol. The minimum Gasteiger partial charge on any atom is -0.489 e. The van der Waals surface area contributed by atoms with Crippen LogP contribution in [0.3, 0.4) is 0 Å². The third-order valence-corrected chi connectivity index (χ3v) is 6.87. The molecule has 0 aliphatic heterocycles. The second kappa shape index (κ2) is 12.9. The molecule has 6 nitrogen and oxygen atoms in total. The number of quaternary nitrogens is 1. The zero-order valence-electron chi connectivity index (χ0n) is 23.6. The van der Waals surface area contributed by atoms with Crippen LogP contribution in [0.5, 0.6) is 17.2 Å². The first-order valence-electron chi connectivity index (χ1n) is 12.5. The van der Waals surface area contributed by atoms with E-state index in [2.05, 4.69) is 0 Å². The number of hydrogen-bond donors (Lipinski definition) is 0. The van der Waals surface area contributed by atoms with E-state index in [1.54, 1.807) is 21.0 Å². The van der Waals surface area contributed by atoms with E-state index in [4.69, 9.17) is 23.4 Å². The van der Waals surface area contributed by atoms with Gasteiger partial charge in [-0.05, 0) is 13.8 Å². The number of benzene rings is 3. The predicted octanol–water partition coefficient (Wildman–Crippen LogP) is 6.74. The Labute approximate surface area is 241 Å². The summed E-state index contributed by atoms with van der Waals surface area (Å²) in [6.07, 6.45) is -1.06. The molecule has 3 aromatic carbocycles. The van der Waals surface area contributed by atoms with Crippen molar-refractivity contribution in [1.29, 1.82) is 0 Å². The Morgan fingerprint density at radius 1 is 0.698 bits per heavy atom. The molecule has 0 bridgehead atoms. The van der Waals surface area contributed by atoms with Gasteiger partial charge in [0.2, 0.25) is 5.72 Å². The standard InChI is InChI=1S/C27H26BF9NO5/c1-7-38(4,5)27(3,40-13(2)39-6)22-21(12-20(33)25(36)26(22)37)43-28(41-14-8-16(29)23(34)17(30)9-14)42-15-10-18(31)24(35)19(32)11-15/h8-13H,7H2,1-6H3/q+1. The lowest BCUT2D eigenvalue weighted by molar-refractivity contribution is -0.975. The lowest BCUT2D eigenvalue weighted by Gasteiger charge is -2.46. The van der Waals surface area contributed by atoms with Gasteiger partial charge in [0.05, 0.1) is 20.6 Å². The van der Waals surface area contributed by atoms with E-state index >= 15 is 4.39 Å². The van der Waals surface area contributed by atoms with Crippen molar-refractivity contribution in [2.45, 2.75) is 32.8 Å². The van der Waals surface area contributed by atoms with Crippen molar-refractivity contribution in [1.82, 2.24) is 0 Å². The van der Waals surface area contributed by atoms with Crippen LogP contribution in [0, 0.1) is 52.4 Å². The molecule has 43 heavy (non-hydrogen) atoms. The van der Waals surface area contributed by atoms with Gasteiger partial charge in [-0.15, -0.1) is 0 Å². The smallest absolute Gasteiger partial charge is 0.489 e. The molecule has 2 unspecified atom stereocenters. The molecule has 0 aliphatic rings. The molecule has 0 fully saturated rings. The zero-order valence-corrected chi connectivity index (χ0v) is 23.6. The van der Waals surface area contributed by atoms with Crippen molar-refractivity contribution in [2.24, 2.45) is 0 Å². The summed E-state index contributed by atoms with van der Waals surface area (Å²) in [6.45, 7) is 4.60. The van der Waals surface area contributed by atoms with Crippen LogP contribution >= 0.6 is 0 Å². The summed E-state index contributed by atoms with van der Waals surface area (Å²) in [6, 6.07) is 1.71. The van der Waals surface area contributed by atoms with Crippen LogP contribution in [0.2, 0.25) is 0 Å². The largest absolute Gasteiger partial charge is 0.864 e. The van der Waals surface area contributed by atoms with Gasteiger partial charge in [-0.2, -0.15) is 0 Å². The molecule has 0 aromatic heterocycles. The Kier molecular flexibility index (Phi) is 10.2. The van der Waals surface area contributed by atoms with Crippen LogP contribution in [0.15, 0.2) is 30.3 Å². The number of hydrogen-bond acceptors (Lipinski definition) is 5. The fourth-order valence-corrected chi connectivity index (χ4v) is 3.87. The van der Waals surface area contributed by atoms with Crippen LogP contribution in [0.1, 0.15) is 26.3 Å². The number of halogens is 9. The molecule has 0 saturated heterocycles. The van der Waals surface area contributed by atoms with E-state index in [0.717, 1.165) is 0 Å². The molecule has 3 rings (SSSR count). The van der Waals surface area contributed by atoms with Crippen LogP contribution < -0.4 is 14.0 Å². The van der Waals surface area contributed by atoms with Gasteiger partial charge in [-0.3, -0.25) is 9.22 Å². The number of nitrogens with zero attached hydrogens (tertiary/aromatic N) is 1. The molecule has 0 heterocycles.